The largest absolute Gasteiger partial charge is 0.399 e. The molecule has 1 fully saturated rings. The van der Waals surface area contributed by atoms with Crippen LogP contribution in [0.3, 0.4) is 0 Å². The van der Waals surface area contributed by atoms with Crippen molar-refractivity contribution in [3.05, 3.63) is 59.5 Å². The van der Waals surface area contributed by atoms with Gasteiger partial charge in [-0.25, -0.2) is 8.42 Å². The van der Waals surface area contributed by atoms with E-state index in [0.29, 0.717) is 49.3 Å². The number of nitrogens with one attached hydrogen (secondary N) is 2. The molecule has 0 bridgehead atoms. The normalized spacial score (nSPS) is 17.9. The summed E-state index contributed by atoms with van der Waals surface area (Å²) in [6, 6.07) is 15.0. The van der Waals surface area contributed by atoms with Crippen molar-refractivity contribution in [2.45, 2.75) is 56.5 Å². The maximum Gasteiger partial charge on any atom is 0.262 e. The van der Waals surface area contributed by atoms with Gasteiger partial charge in [-0.05, 0) is 73.4 Å². The van der Waals surface area contributed by atoms with Gasteiger partial charge in [0, 0.05) is 29.5 Å². The van der Waals surface area contributed by atoms with Crippen LogP contribution in [0.1, 0.15) is 49.2 Å². The number of thiophene rings is 1. The van der Waals surface area contributed by atoms with E-state index in [9.17, 15) is 18.0 Å². The van der Waals surface area contributed by atoms with Crippen molar-refractivity contribution < 1.29 is 18.0 Å². The van der Waals surface area contributed by atoms with E-state index < -0.39 is 16.1 Å². The molecule has 2 amide bonds. The summed E-state index contributed by atoms with van der Waals surface area (Å²) in [6.45, 7) is 4.72. The molecular weight excluding hydrogens is 508 g/mol. The Kier molecular flexibility index (Phi) is 8.51. The minimum Gasteiger partial charge on any atom is -0.399 e. The minimum absolute atomic E-state index is 0.171. The van der Waals surface area contributed by atoms with Crippen LogP contribution < -0.4 is 16.4 Å². The number of hydrogen-bond donors (Lipinski definition) is 3. The SMILES string of the molecule is CC(C)C[C@H](NC(=O)c1cc2ccccc2s1)C(=O)N[C@@H]1CCCN(S(=O)(=O)c2ccc(N)cc2)CC1. The van der Waals surface area contributed by atoms with Gasteiger partial charge in [-0.3, -0.25) is 9.59 Å². The third-order valence-electron chi connectivity index (χ3n) is 6.53. The van der Waals surface area contributed by atoms with Crippen molar-refractivity contribution in [3.63, 3.8) is 0 Å². The lowest BCUT2D eigenvalue weighted by Gasteiger charge is -2.24. The Morgan fingerprint density at radius 3 is 2.51 bits per heavy atom. The molecule has 0 unspecified atom stereocenters. The van der Waals surface area contributed by atoms with Crippen LogP contribution in [0, 0.1) is 5.92 Å². The summed E-state index contributed by atoms with van der Waals surface area (Å²) in [6.07, 6.45) is 2.30. The molecule has 3 aromatic rings. The number of sulfonamides is 1. The first-order valence-corrected chi connectivity index (χ1v) is 14.8. The van der Waals surface area contributed by atoms with Crippen LogP contribution in [0.2, 0.25) is 0 Å². The van der Waals surface area contributed by atoms with Gasteiger partial charge in [0.15, 0.2) is 0 Å². The highest BCUT2D eigenvalue weighted by atomic mass is 32.2. The molecule has 0 radical (unpaired) electrons. The molecule has 2 aromatic carbocycles. The summed E-state index contributed by atoms with van der Waals surface area (Å²) in [5, 5.41) is 7.01. The number of nitrogens with two attached hydrogens (primary N) is 1. The van der Waals surface area contributed by atoms with Gasteiger partial charge in [-0.15, -0.1) is 11.3 Å². The fourth-order valence-corrected chi connectivity index (χ4v) is 7.03. The van der Waals surface area contributed by atoms with Gasteiger partial charge < -0.3 is 16.4 Å². The summed E-state index contributed by atoms with van der Waals surface area (Å²) in [5.74, 6) is -0.292. The van der Waals surface area contributed by atoms with Crippen LogP contribution in [0.4, 0.5) is 5.69 Å². The zero-order chi connectivity index (χ0) is 26.6. The highest BCUT2D eigenvalue weighted by Gasteiger charge is 2.30. The number of carbonyl (C=O) groups excluding carboxylic acids is 2. The molecule has 198 valence electrons. The van der Waals surface area contributed by atoms with Gasteiger partial charge in [0.2, 0.25) is 15.9 Å². The number of hydrogen-bond acceptors (Lipinski definition) is 6. The van der Waals surface area contributed by atoms with Crippen molar-refractivity contribution in [2.24, 2.45) is 5.92 Å². The molecule has 37 heavy (non-hydrogen) atoms. The predicted molar refractivity (Wildman–Crippen MR) is 148 cm³/mol. The molecule has 2 atom stereocenters. The molecule has 1 aliphatic heterocycles. The molecule has 10 heteroatoms. The van der Waals surface area contributed by atoms with Crippen LogP contribution in [0.15, 0.2) is 59.5 Å². The van der Waals surface area contributed by atoms with Crippen molar-refractivity contribution in [1.82, 2.24) is 14.9 Å². The smallest absolute Gasteiger partial charge is 0.262 e. The third kappa shape index (κ3) is 6.68. The van der Waals surface area contributed by atoms with E-state index >= 15 is 0 Å². The molecule has 1 saturated heterocycles. The fraction of sp³-hybridized carbons (Fsp3) is 0.407. The number of rotatable bonds is 8. The average molecular weight is 543 g/mol. The summed E-state index contributed by atoms with van der Waals surface area (Å²) in [5.41, 5.74) is 6.21. The molecule has 2 heterocycles. The fourth-order valence-electron chi connectivity index (χ4n) is 4.57. The van der Waals surface area contributed by atoms with Gasteiger partial charge in [0.1, 0.15) is 6.04 Å². The molecule has 1 aromatic heterocycles. The Balaban J connectivity index is 1.39. The average Bonchev–Trinajstić information content (AvgIpc) is 3.16. The molecule has 8 nitrogen and oxygen atoms in total. The van der Waals surface area contributed by atoms with E-state index in [1.165, 1.54) is 27.8 Å². The standard InChI is InChI=1S/C27H34N4O4S2/c1-18(2)16-23(30-27(33)25-17-19-6-3-4-8-24(19)36-25)26(32)29-21-7-5-14-31(15-13-21)37(34,35)22-11-9-20(28)10-12-22/h3-4,6,8-12,17-18,21,23H,5,7,13-16,28H2,1-2H3,(H,29,32)(H,30,33)/t21-,23+/m1/s1. The number of amides is 2. The van der Waals surface area contributed by atoms with Crippen molar-refractivity contribution >= 4 is 48.9 Å². The number of nitrogen functional groups attached to an aromatic ring is 1. The Morgan fingerprint density at radius 1 is 1.08 bits per heavy atom. The van der Waals surface area contributed by atoms with E-state index in [0.717, 1.165) is 10.1 Å². The second kappa shape index (κ2) is 11.6. The van der Waals surface area contributed by atoms with Gasteiger partial charge in [-0.2, -0.15) is 4.31 Å². The molecule has 0 aliphatic carbocycles. The summed E-state index contributed by atoms with van der Waals surface area (Å²) < 4.78 is 28.7. The van der Waals surface area contributed by atoms with Crippen LogP contribution >= 0.6 is 11.3 Å². The maximum absolute atomic E-state index is 13.3. The highest BCUT2D eigenvalue weighted by Crippen LogP contribution is 2.26. The van der Waals surface area contributed by atoms with E-state index in [1.807, 2.05) is 44.2 Å². The van der Waals surface area contributed by atoms with Crippen molar-refractivity contribution in [2.75, 3.05) is 18.8 Å². The highest BCUT2D eigenvalue weighted by molar-refractivity contribution is 7.89. The molecule has 0 spiro atoms. The molecular formula is C27H34N4O4S2. The molecule has 0 saturated carbocycles. The van der Waals surface area contributed by atoms with E-state index in [4.69, 9.17) is 5.73 Å². The lowest BCUT2D eigenvalue weighted by Crippen LogP contribution is -2.50. The first kappa shape index (κ1) is 27.1. The Hall–Kier alpha value is -2.95. The zero-order valence-corrected chi connectivity index (χ0v) is 22.8. The van der Waals surface area contributed by atoms with E-state index in [1.54, 1.807) is 12.1 Å². The van der Waals surface area contributed by atoms with Gasteiger partial charge in [-0.1, -0.05) is 32.0 Å². The number of fused-ring (bicyclic) bond motifs is 1. The maximum atomic E-state index is 13.3. The predicted octanol–water partition coefficient (Wildman–Crippen LogP) is 3.99. The Bertz CT molecular complexity index is 1320. The third-order valence-corrected chi connectivity index (χ3v) is 9.56. The number of nitrogens with zero attached hydrogens (tertiary/aromatic N) is 1. The Morgan fingerprint density at radius 2 is 1.81 bits per heavy atom. The summed E-state index contributed by atoms with van der Waals surface area (Å²) in [4.78, 5) is 27.1. The van der Waals surface area contributed by atoms with Crippen LogP contribution in [0.5, 0.6) is 0 Å². The van der Waals surface area contributed by atoms with Gasteiger partial charge >= 0.3 is 0 Å². The lowest BCUT2D eigenvalue weighted by molar-refractivity contribution is -0.124. The van der Waals surface area contributed by atoms with Gasteiger partial charge in [0.05, 0.1) is 9.77 Å². The van der Waals surface area contributed by atoms with Crippen molar-refractivity contribution in [1.29, 1.82) is 0 Å². The topological polar surface area (TPSA) is 122 Å². The minimum atomic E-state index is -3.63. The molecule has 1 aliphatic rings. The first-order chi connectivity index (χ1) is 17.6. The van der Waals surface area contributed by atoms with Crippen molar-refractivity contribution in [3.8, 4) is 0 Å². The van der Waals surface area contributed by atoms with E-state index in [-0.39, 0.29) is 28.7 Å². The number of benzene rings is 2. The summed E-state index contributed by atoms with van der Waals surface area (Å²) >= 11 is 1.40. The first-order valence-electron chi connectivity index (χ1n) is 12.6. The zero-order valence-electron chi connectivity index (χ0n) is 21.1. The second-order valence-corrected chi connectivity index (χ2v) is 12.9. The van der Waals surface area contributed by atoms with Gasteiger partial charge in [0.25, 0.3) is 5.91 Å². The lowest BCUT2D eigenvalue weighted by atomic mass is 10.0. The monoisotopic (exact) mass is 542 g/mol. The summed E-state index contributed by atoms with van der Waals surface area (Å²) in [7, 11) is -3.63. The van der Waals surface area contributed by atoms with E-state index in [2.05, 4.69) is 10.6 Å². The Labute approximate surface area is 222 Å². The quantitative estimate of drug-likeness (QED) is 0.372. The number of carbonyl (C=O) groups is 2. The van der Waals surface area contributed by atoms with Crippen LogP contribution in [0.25, 0.3) is 10.1 Å². The van der Waals surface area contributed by atoms with Crippen LogP contribution in [-0.4, -0.2) is 49.7 Å². The number of anilines is 1. The second-order valence-electron chi connectivity index (χ2n) is 9.91. The molecule has 4 N–H and O–H groups in total. The molecule has 4 rings (SSSR count). The van der Waals surface area contributed by atoms with Crippen LogP contribution in [-0.2, 0) is 14.8 Å².